The van der Waals surface area contributed by atoms with Crippen molar-refractivity contribution in [1.82, 2.24) is 24.6 Å². The van der Waals surface area contributed by atoms with Gasteiger partial charge in [-0.25, -0.2) is 4.98 Å². The van der Waals surface area contributed by atoms with Gasteiger partial charge in [0.05, 0.1) is 16.7 Å². The minimum Gasteiger partial charge on any atom is -0.310 e. The van der Waals surface area contributed by atoms with E-state index in [2.05, 4.69) is 33.0 Å². The summed E-state index contributed by atoms with van der Waals surface area (Å²) in [5.74, 6) is 1.11. The lowest BCUT2D eigenvalue weighted by Crippen LogP contribution is -2.17. The molecule has 0 saturated heterocycles. The van der Waals surface area contributed by atoms with Crippen molar-refractivity contribution >= 4 is 11.0 Å². The Kier molecular flexibility index (Phi) is 2.82. The minimum absolute atomic E-state index is 0.692. The zero-order chi connectivity index (χ0) is 14.4. The fourth-order valence-corrected chi connectivity index (χ4v) is 2.86. The van der Waals surface area contributed by atoms with E-state index in [0.29, 0.717) is 6.04 Å². The fraction of sp³-hybridized carbons (Fsp3) is 0.375. The Morgan fingerprint density at radius 2 is 2.10 bits per heavy atom. The molecule has 2 aromatic heterocycles. The summed E-state index contributed by atoms with van der Waals surface area (Å²) in [5, 5.41) is 8.19. The summed E-state index contributed by atoms with van der Waals surface area (Å²) in [5.41, 5.74) is 4.47. The van der Waals surface area contributed by atoms with Gasteiger partial charge < -0.3 is 5.32 Å². The number of rotatable bonds is 4. The van der Waals surface area contributed by atoms with Gasteiger partial charge in [0.2, 0.25) is 0 Å². The Labute approximate surface area is 123 Å². The Morgan fingerprint density at radius 1 is 1.29 bits per heavy atom. The molecule has 5 nitrogen and oxygen atoms in total. The Bertz CT molecular complexity index is 794. The SMILES string of the molecule is Cc1nn(C)c(-n2cnc3ccccc32)c1CNC1CC1. The van der Waals surface area contributed by atoms with Crippen molar-refractivity contribution in [2.24, 2.45) is 7.05 Å². The highest BCUT2D eigenvalue weighted by Gasteiger charge is 2.23. The summed E-state index contributed by atoms with van der Waals surface area (Å²) in [7, 11) is 2.00. The van der Waals surface area contributed by atoms with E-state index < -0.39 is 0 Å². The van der Waals surface area contributed by atoms with Crippen LogP contribution in [0.4, 0.5) is 0 Å². The molecule has 0 aliphatic heterocycles. The normalized spacial score (nSPS) is 15.0. The van der Waals surface area contributed by atoms with Crippen LogP contribution in [0, 0.1) is 6.92 Å². The lowest BCUT2D eigenvalue weighted by molar-refractivity contribution is 0.679. The molecular weight excluding hydrogens is 262 g/mol. The molecule has 0 bridgehead atoms. The Hall–Kier alpha value is -2.14. The molecule has 1 fully saturated rings. The summed E-state index contributed by atoms with van der Waals surface area (Å²) in [6.45, 7) is 2.94. The van der Waals surface area contributed by atoms with Crippen LogP contribution in [0.2, 0.25) is 0 Å². The first-order valence-corrected chi connectivity index (χ1v) is 7.42. The molecule has 5 heteroatoms. The maximum absolute atomic E-state index is 4.60. The van der Waals surface area contributed by atoms with Crippen molar-refractivity contribution < 1.29 is 0 Å². The number of nitrogens with one attached hydrogen (secondary N) is 1. The summed E-state index contributed by atoms with van der Waals surface area (Å²) in [4.78, 5) is 4.50. The van der Waals surface area contributed by atoms with Crippen LogP contribution in [-0.2, 0) is 13.6 Å². The number of aryl methyl sites for hydroxylation is 2. The van der Waals surface area contributed by atoms with Crippen molar-refractivity contribution in [2.75, 3.05) is 0 Å². The molecule has 1 aliphatic carbocycles. The van der Waals surface area contributed by atoms with Crippen LogP contribution >= 0.6 is 0 Å². The van der Waals surface area contributed by atoms with E-state index in [-0.39, 0.29) is 0 Å². The molecule has 1 N–H and O–H groups in total. The third kappa shape index (κ3) is 2.14. The van der Waals surface area contributed by atoms with Gasteiger partial charge >= 0.3 is 0 Å². The van der Waals surface area contributed by atoms with Gasteiger partial charge in [-0.1, -0.05) is 12.1 Å². The molecule has 1 saturated carbocycles. The Morgan fingerprint density at radius 3 is 2.90 bits per heavy atom. The van der Waals surface area contributed by atoms with Crippen LogP contribution in [0.3, 0.4) is 0 Å². The molecule has 1 aromatic carbocycles. The van der Waals surface area contributed by atoms with Crippen molar-refractivity contribution in [3.8, 4) is 5.82 Å². The third-order valence-corrected chi connectivity index (χ3v) is 4.14. The van der Waals surface area contributed by atoms with E-state index in [1.165, 1.54) is 18.4 Å². The molecule has 0 unspecified atom stereocenters. The highest BCUT2D eigenvalue weighted by atomic mass is 15.3. The smallest absolute Gasteiger partial charge is 0.141 e. The third-order valence-electron chi connectivity index (χ3n) is 4.14. The van der Waals surface area contributed by atoms with E-state index in [1.807, 2.05) is 36.3 Å². The van der Waals surface area contributed by atoms with Crippen molar-refractivity contribution in [3.63, 3.8) is 0 Å². The maximum atomic E-state index is 4.60. The number of imidazole rings is 1. The monoisotopic (exact) mass is 281 g/mol. The second kappa shape index (κ2) is 4.70. The first kappa shape index (κ1) is 12.6. The topological polar surface area (TPSA) is 47.7 Å². The van der Waals surface area contributed by atoms with E-state index >= 15 is 0 Å². The van der Waals surface area contributed by atoms with Gasteiger partial charge in [0.15, 0.2) is 0 Å². The number of hydrogen-bond donors (Lipinski definition) is 1. The number of aromatic nitrogens is 4. The van der Waals surface area contributed by atoms with Gasteiger partial charge in [0.25, 0.3) is 0 Å². The van der Waals surface area contributed by atoms with Crippen molar-refractivity contribution in [2.45, 2.75) is 32.4 Å². The molecule has 0 spiro atoms. The first-order chi connectivity index (χ1) is 10.2. The van der Waals surface area contributed by atoms with Gasteiger partial charge in [-0.15, -0.1) is 0 Å². The summed E-state index contributed by atoms with van der Waals surface area (Å²) < 4.78 is 4.09. The number of fused-ring (bicyclic) bond motifs is 1. The predicted octanol–water partition coefficient (Wildman–Crippen LogP) is 2.32. The molecule has 108 valence electrons. The van der Waals surface area contributed by atoms with Gasteiger partial charge in [0.1, 0.15) is 12.1 Å². The zero-order valence-corrected chi connectivity index (χ0v) is 12.4. The van der Waals surface area contributed by atoms with Gasteiger partial charge in [0, 0.05) is 25.2 Å². The number of hydrogen-bond acceptors (Lipinski definition) is 3. The van der Waals surface area contributed by atoms with Gasteiger partial charge in [-0.2, -0.15) is 5.10 Å². The molecule has 4 rings (SSSR count). The number of nitrogens with zero attached hydrogens (tertiary/aromatic N) is 4. The van der Waals surface area contributed by atoms with Crippen LogP contribution in [0.25, 0.3) is 16.9 Å². The van der Waals surface area contributed by atoms with E-state index in [4.69, 9.17) is 0 Å². The summed E-state index contributed by atoms with van der Waals surface area (Å²) in [6, 6.07) is 8.90. The van der Waals surface area contributed by atoms with Crippen molar-refractivity contribution in [3.05, 3.63) is 41.9 Å². The molecule has 0 amide bonds. The molecule has 21 heavy (non-hydrogen) atoms. The molecular formula is C16H19N5. The molecule has 1 aliphatic rings. The lowest BCUT2D eigenvalue weighted by Gasteiger charge is -2.09. The number of benzene rings is 1. The molecule has 0 radical (unpaired) electrons. The number of para-hydroxylation sites is 2. The summed E-state index contributed by atoms with van der Waals surface area (Å²) >= 11 is 0. The average Bonchev–Trinajstić information content (AvgIpc) is 3.15. The average molecular weight is 281 g/mol. The van der Waals surface area contributed by atoms with Crippen molar-refractivity contribution in [1.29, 1.82) is 0 Å². The highest BCUT2D eigenvalue weighted by Crippen LogP contribution is 2.25. The van der Waals surface area contributed by atoms with E-state index in [1.54, 1.807) is 0 Å². The fourth-order valence-electron chi connectivity index (χ4n) is 2.86. The maximum Gasteiger partial charge on any atom is 0.141 e. The van der Waals surface area contributed by atoms with Gasteiger partial charge in [-0.05, 0) is 31.9 Å². The van der Waals surface area contributed by atoms with Gasteiger partial charge in [-0.3, -0.25) is 9.25 Å². The molecule has 2 heterocycles. The lowest BCUT2D eigenvalue weighted by atomic mass is 10.2. The summed E-state index contributed by atoms with van der Waals surface area (Å²) in [6.07, 6.45) is 4.48. The molecule has 0 atom stereocenters. The predicted molar refractivity (Wildman–Crippen MR) is 82.4 cm³/mol. The quantitative estimate of drug-likeness (QED) is 0.798. The van der Waals surface area contributed by atoms with E-state index in [9.17, 15) is 0 Å². The van der Waals surface area contributed by atoms with Crippen LogP contribution in [0.5, 0.6) is 0 Å². The minimum atomic E-state index is 0.692. The standard InChI is InChI=1S/C16H19N5/c1-11-13(9-17-12-7-8-12)16(20(2)19-11)21-10-18-14-5-3-4-6-15(14)21/h3-6,10,12,17H,7-9H2,1-2H3. The zero-order valence-electron chi connectivity index (χ0n) is 12.4. The molecule has 3 aromatic rings. The van der Waals surface area contributed by atoms with Crippen LogP contribution in [0.1, 0.15) is 24.1 Å². The highest BCUT2D eigenvalue weighted by molar-refractivity contribution is 5.77. The first-order valence-electron chi connectivity index (χ1n) is 7.42. The second-order valence-electron chi connectivity index (χ2n) is 5.77. The van der Waals surface area contributed by atoms with Crippen LogP contribution < -0.4 is 5.32 Å². The van der Waals surface area contributed by atoms with Crippen LogP contribution in [-0.4, -0.2) is 25.4 Å². The second-order valence-corrected chi connectivity index (χ2v) is 5.77. The Balaban J connectivity index is 1.82. The van der Waals surface area contributed by atoms with Crippen LogP contribution in [0.15, 0.2) is 30.6 Å². The largest absolute Gasteiger partial charge is 0.310 e. The van der Waals surface area contributed by atoms with E-state index in [0.717, 1.165) is 29.1 Å².